The maximum absolute atomic E-state index is 12.7. The first-order valence-corrected chi connectivity index (χ1v) is 12.5. The van der Waals surface area contributed by atoms with Crippen LogP contribution in [0, 0.1) is 22.7 Å². The number of aromatic nitrogens is 3. The van der Waals surface area contributed by atoms with Crippen molar-refractivity contribution in [1.82, 2.24) is 14.8 Å². The van der Waals surface area contributed by atoms with E-state index in [-0.39, 0.29) is 23.0 Å². The van der Waals surface area contributed by atoms with Crippen molar-refractivity contribution in [3.8, 4) is 6.07 Å². The summed E-state index contributed by atoms with van der Waals surface area (Å²) in [6.07, 6.45) is 4.78. The van der Waals surface area contributed by atoms with Gasteiger partial charge in [-0.3, -0.25) is 4.79 Å². The van der Waals surface area contributed by atoms with Gasteiger partial charge in [0.25, 0.3) is 0 Å². The second-order valence-corrected chi connectivity index (χ2v) is 11.4. The van der Waals surface area contributed by atoms with Crippen molar-refractivity contribution in [2.75, 3.05) is 11.1 Å². The van der Waals surface area contributed by atoms with E-state index in [2.05, 4.69) is 62.8 Å². The highest BCUT2D eigenvalue weighted by atomic mass is 32.2. The van der Waals surface area contributed by atoms with Gasteiger partial charge in [0.2, 0.25) is 5.91 Å². The monoisotopic (exact) mass is 457 g/mol. The Bertz CT molecular complexity index is 1010. The number of nitriles is 1. The van der Waals surface area contributed by atoms with Crippen molar-refractivity contribution >= 4 is 34.0 Å². The highest BCUT2D eigenvalue weighted by Gasteiger charge is 2.32. The van der Waals surface area contributed by atoms with Crippen LogP contribution in [0.15, 0.2) is 17.8 Å². The molecule has 6 nitrogen and oxygen atoms in total. The third-order valence-corrected chi connectivity index (χ3v) is 7.90. The molecule has 0 radical (unpaired) electrons. The Labute approximate surface area is 193 Å². The smallest absolute Gasteiger partial charge is 0.235 e. The lowest BCUT2D eigenvalue weighted by Gasteiger charge is -2.33. The topological polar surface area (TPSA) is 83.6 Å². The number of carbonyl (C=O) groups excluding carboxylic acids is 1. The van der Waals surface area contributed by atoms with E-state index < -0.39 is 0 Å². The van der Waals surface area contributed by atoms with Crippen LogP contribution in [0.2, 0.25) is 0 Å². The first-order chi connectivity index (χ1) is 14.7. The molecule has 0 aliphatic heterocycles. The van der Waals surface area contributed by atoms with Crippen LogP contribution >= 0.6 is 23.1 Å². The maximum atomic E-state index is 12.7. The van der Waals surface area contributed by atoms with E-state index in [1.54, 1.807) is 17.4 Å². The lowest BCUT2D eigenvalue weighted by molar-refractivity contribution is -0.113. The molecule has 0 saturated heterocycles. The largest absolute Gasteiger partial charge is 0.316 e. The zero-order valence-electron chi connectivity index (χ0n) is 19.0. The number of hydrogen-bond acceptors (Lipinski definition) is 6. The fourth-order valence-electron chi connectivity index (χ4n) is 3.96. The third kappa shape index (κ3) is 5.21. The van der Waals surface area contributed by atoms with Crippen LogP contribution < -0.4 is 5.32 Å². The van der Waals surface area contributed by atoms with E-state index >= 15 is 0 Å². The number of nitrogens with one attached hydrogen (secondary N) is 1. The normalized spacial score (nSPS) is 16.1. The summed E-state index contributed by atoms with van der Waals surface area (Å²) in [5.74, 6) is 1.80. The van der Waals surface area contributed by atoms with E-state index in [4.69, 9.17) is 0 Å². The number of nitrogens with zero attached hydrogens (tertiary/aromatic N) is 4. The third-order valence-electron chi connectivity index (χ3n) is 5.76. The van der Waals surface area contributed by atoms with Crippen LogP contribution in [-0.2, 0) is 24.2 Å². The maximum Gasteiger partial charge on any atom is 0.235 e. The molecule has 3 rings (SSSR count). The van der Waals surface area contributed by atoms with Gasteiger partial charge in [-0.15, -0.1) is 28.1 Å². The van der Waals surface area contributed by atoms with Crippen molar-refractivity contribution < 1.29 is 4.79 Å². The molecule has 0 saturated carbocycles. The van der Waals surface area contributed by atoms with E-state index in [1.165, 1.54) is 16.6 Å². The van der Waals surface area contributed by atoms with Crippen LogP contribution in [0.5, 0.6) is 0 Å². The number of rotatable bonds is 7. The van der Waals surface area contributed by atoms with Crippen molar-refractivity contribution in [2.45, 2.75) is 71.5 Å². The number of amides is 1. The van der Waals surface area contributed by atoms with E-state index in [0.29, 0.717) is 28.2 Å². The SMILES string of the molecule is C=CCn1c(SCC(=O)Nc2sc3c(c2C#N)CCC(C(C)(C)C)C3)nnc1C(C)C. The minimum atomic E-state index is -0.133. The first kappa shape index (κ1) is 23.6. The summed E-state index contributed by atoms with van der Waals surface area (Å²) in [5, 5.41) is 22.6. The van der Waals surface area contributed by atoms with Crippen LogP contribution in [0.3, 0.4) is 0 Å². The van der Waals surface area contributed by atoms with Crippen LogP contribution in [0.1, 0.15) is 68.8 Å². The number of carbonyl (C=O) groups is 1. The Kier molecular flexibility index (Phi) is 7.28. The number of anilines is 1. The van der Waals surface area contributed by atoms with E-state index in [1.807, 2.05) is 4.57 Å². The van der Waals surface area contributed by atoms with Gasteiger partial charge in [-0.25, -0.2) is 0 Å². The summed E-state index contributed by atoms with van der Waals surface area (Å²) in [7, 11) is 0. The first-order valence-electron chi connectivity index (χ1n) is 10.7. The number of thioether (sulfide) groups is 1. The minimum Gasteiger partial charge on any atom is -0.316 e. The molecular formula is C23H31N5OS2. The summed E-state index contributed by atoms with van der Waals surface area (Å²) in [5.41, 5.74) is 2.01. The van der Waals surface area contributed by atoms with Gasteiger partial charge in [0.05, 0.1) is 11.3 Å². The van der Waals surface area contributed by atoms with E-state index in [9.17, 15) is 10.1 Å². The molecule has 0 bridgehead atoms. The standard InChI is InChI=1S/C23H31N5OS2/c1-7-10-28-20(14(2)3)26-27-22(28)30-13-19(29)25-21-17(12-24)16-9-8-15(23(4,5)6)11-18(16)31-21/h7,14-15H,1,8-11,13H2,2-6H3,(H,25,29). The summed E-state index contributed by atoms with van der Waals surface area (Å²) in [4.78, 5) is 13.9. The van der Waals surface area contributed by atoms with Gasteiger partial charge in [-0.2, -0.15) is 5.26 Å². The summed E-state index contributed by atoms with van der Waals surface area (Å²) < 4.78 is 1.99. The van der Waals surface area contributed by atoms with Crippen molar-refractivity contribution in [3.05, 3.63) is 34.5 Å². The minimum absolute atomic E-state index is 0.133. The Balaban J connectivity index is 1.70. The molecule has 31 heavy (non-hydrogen) atoms. The second kappa shape index (κ2) is 9.58. The fourth-order valence-corrected chi connectivity index (χ4v) is 6.01. The highest BCUT2D eigenvalue weighted by molar-refractivity contribution is 7.99. The average molecular weight is 458 g/mol. The van der Waals surface area contributed by atoms with Gasteiger partial charge in [0.1, 0.15) is 16.9 Å². The highest BCUT2D eigenvalue weighted by Crippen LogP contribution is 2.44. The number of thiophene rings is 1. The lowest BCUT2D eigenvalue weighted by atomic mass is 9.72. The quantitative estimate of drug-likeness (QED) is 0.444. The number of allylic oxidation sites excluding steroid dienone is 1. The number of fused-ring (bicyclic) bond motifs is 1. The molecule has 1 unspecified atom stereocenters. The second-order valence-electron chi connectivity index (χ2n) is 9.36. The molecule has 1 N–H and O–H groups in total. The van der Waals surface area contributed by atoms with Crippen LogP contribution in [0.25, 0.3) is 0 Å². The van der Waals surface area contributed by atoms with Crippen molar-refractivity contribution in [2.24, 2.45) is 11.3 Å². The average Bonchev–Trinajstić information content (AvgIpc) is 3.25. The molecule has 1 amide bonds. The Hall–Kier alpha value is -2.11. The van der Waals surface area contributed by atoms with Crippen molar-refractivity contribution in [3.63, 3.8) is 0 Å². The molecule has 1 aliphatic rings. The molecule has 0 fully saturated rings. The lowest BCUT2D eigenvalue weighted by Crippen LogP contribution is -2.26. The van der Waals surface area contributed by atoms with E-state index in [0.717, 1.165) is 30.7 Å². The molecule has 8 heteroatoms. The van der Waals surface area contributed by atoms with Gasteiger partial charge in [0.15, 0.2) is 5.16 Å². The summed E-state index contributed by atoms with van der Waals surface area (Å²) >= 11 is 2.92. The predicted octanol–water partition coefficient (Wildman–Crippen LogP) is 5.40. The molecule has 0 aromatic carbocycles. The van der Waals surface area contributed by atoms with Gasteiger partial charge < -0.3 is 9.88 Å². The zero-order chi connectivity index (χ0) is 22.8. The summed E-state index contributed by atoms with van der Waals surface area (Å²) in [6, 6.07) is 2.33. The molecule has 2 aromatic heterocycles. The van der Waals surface area contributed by atoms with Gasteiger partial charge in [-0.1, -0.05) is 52.5 Å². The molecule has 2 aromatic rings. The predicted molar refractivity (Wildman–Crippen MR) is 128 cm³/mol. The van der Waals surface area contributed by atoms with Crippen molar-refractivity contribution in [1.29, 1.82) is 5.26 Å². The Morgan fingerprint density at radius 1 is 1.45 bits per heavy atom. The number of hydrogen-bond donors (Lipinski definition) is 1. The Morgan fingerprint density at radius 3 is 2.81 bits per heavy atom. The fraction of sp³-hybridized carbons (Fsp3) is 0.565. The molecule has 166 valence electrons. The van der Waals surface area contributed by atoms with Crippen LogP contribution in [0.4, 0.5) is 5.00 Å². The Morgan fingerprint density at radius 2 is 2.19 bits per heavy atom. The molecule has 2 heterocycles. The molecule has 1 atom stereocenters. The van der Waals surface area contributed by atoms with Crippen LogP contribution in [-0.4, -0.2) is 26.4 Å². The molecule has 1 aliphatic carbocycles. The summed E-state index contributed by atoms with van der Waals surface area (Å²) in [6.45, 7) is 15.4. The van der Waals surface area contributed by atoms with Gasteiger partial charge in [-0.05, 0) is 36.2 Å². The van der Waals surface area contributed by atoms with Gasteiger partial charge >= 0.3 is 0 Å². The van der Waals surface area contributed by atoms with Gasteiger partial charge in [0, 0.05) is 17.3 Å². The molecular weight excluding hydrogens is 426 g/mol. The zero-order valence-corrected chi connectivity index (χ0v) is 20.6. The molecule has 0 spiro atoms.